The summed E-state index contributed by atoms with van der Waals surface area (Å²) in [4.78, 5) is 0. The summed E-state index contributed by atoms with van der Waals surface area (Å²) in [7, 11) is -1.00. The number of rotatable bonds is 9. The van der Waals surface area contributed by atoms with Crippen molar-refractivity contribution in [3.8, 4) is 5.75 Å². The van der Waals surface area contributed by atoms with Gasteiger partial charge in [-0.3, -0.25) is 0 Å². The third kappa shape index (κ3) is 6.26. The van der Waals surface area contributed by atoms with Crippen molar-refractivity contribution in [2.75, 3.05) is 20.3 Å². The highest BCUT2D eigenvalue weighted by Gasteiger charge is 2.55. The van der Waals surface area contributed by atoms with Crippen LogP contribution in [0.5, 0.6) is 5.75 Å². The molecule has 0 bridgehead atoms. The number of hydrogen-bond acceptors (Lipinski definition) is 7. The quantitative estimate of drug-likeness (QED) is 0.372. The van der Waals surface area contributed by atoms with Crippen LogP contribution in [0.15, 0.2) is 36.4 Å². The van der Waals surface area contributed by atoms with Crippen LogP contribution in [0.2, 0.25) is 23.2 Å². The first-order chi connectivity index (χ1) is 18.4. The maximum atomic E-state index is 14.6. The molecule has 7 nitrogen and oxygen atoms in total. The van der Waals surface area contributed by atoms with Gasteiger partial charge in [-0.2, -0.15) is 0 Å². The smallest absolute Gasteiger partial charge is 0.224 e. The Morgan fingerprint density at radius 3 is 2.39 bits per heavy atom. The second kappa shape index (κ2) is 11.9. The molecular weight excluding hydrogens is 531 g/mol. The van der Waals surface area contributed by atoms with Crippen LogP contribution in [-0.4, -0.2) is 68.4 Å². The minimum atomic E-state index is -2.28. The van der Waals surface area contributed by atoms with Gasteiger partial charge in [0.1, 0.15) is 24.4 Å². The summed E-state index contributed by atoms with van der Waals surface area (Å²) in [5, 5.41) is 32.6. The van der Waals surface area contributed by atoms with Crippen LogP contribution >= 0.6 is 11.6 Å². The molecule has 1 heterocycles. The molecule has 0 unspecified atom stereocenters. The van der Waals surface area contributed by atoms with Crippen molar-refractivity contribution in [2.45, 2.75) is 82.4 Å². The maximum Gasteiger partial charge on any atom is 0.224 e. The van der Waals surface area contributed by atoms with E-state index in [4.69, 9.17) is 33.0 Å². The molecule has 0 amide bonds. The standard InChI is InChI=1S/C28H40ClFO7Si/c1-8-35-22-12-9-17(14-21(22)30)13-18-15-19(10-11-20(18)29)28(34-5)26(33)25(32)24(31)23(37-28)16-36-38(6,7)27(2,3)4/h9-12,14-15,23-26,31-33H,8,13,16H2,1-7H3/t23-,24-,25+,26-,28+/m1/s1/i13D2. The van der Waals surface area contributed by atoms with Crippen molar-refractivity contribution in [3.63, 3.8) is 0 Å². The summed E-state index contributed by atoms with van der Waals surface area (Å²) in [6.45, 7) is 12.2. The zero-order valence-electron chi connectivity index (χ0n) is 24.9. The van der Waals surface area contributed by atoms with Gasteiger partial charge < -0.3 is 34.0 Å². The Labute approximate surface area is 233 Å². The Morgan fingerprint density at radius 1 is 1.13 bits per heavy atom. The fraction of sp³-hybridized carbons (Fsp3) is 0.571. The predicted molar refractivity (Wildman–Crippen MR) is 147 cm³/mol. The Kier molecular flexibility index (Phi) is 8.76. The third-order valence-corrected chi connectivity index (χ3v) is 12.2. The van der Waals surface area contributed by atoms with E-state index in [1.807, 2.05) is 13.1 Å². The summed E-state index contributed by atoms with van der Waals surface area (Å²) in [5.41, 5.74) is 0.0813. The summed E-state index contributed by atoms with van der Waals surface area (Å²) in [5.74, 6) is -2.73. The molecule has 0 radical (unpaired) electrons. The highest BCUT2D eigenvalue weighted by molar-refractivity contribution is 6.74. The molecule has 38 heavy (non-hydrogen) atoms. The van der Waals surface area contributed by atoms with Gasteiger partial charge in [0, 0.05) is 20.4 Å². The zero-order chi connectivity index (χ0) is 30.3. The number of ether oxygens (including phenoxy) is 3. The number of benzene rings is 2. The SMILES string of the molecule is [2H]C([2H])(c1ccc(OCC)c(F)c1)c1cc([C@]2(OC)O[C@H](CO[Si](C)(C)C(C)(C)C)[C@@H](O)[C@H](O)[C@H]2O)ccc1Cl. The first kappa shape index (κ1) is 28.0. The molecule has 2 aromatic carbocycles. The van der Waals surface area contributed by atoms with Crippen LogP contribution in [0.4, 0.5) is 4.39 Å². The van der Waals surface area contributed by atoms with Gasteiger partial charge in [0.05, 0.1) is 13.2 Å². The molecule has 0 saturated carbocycles. The summed E-state index contributed by atoms with van der Waals surface area (Å²) >= 11 is 6.43. The number of aliphatic hydroxyl groups is 3. The van der Waals surface area contributed by atoms with Crippen molar-refractivity contribution >= 4 is 19.9 Å². The van der Waals surface area contributed by atoms with Crippen LogP contribution in [0.1, 0.15) is 47.1 Å². The van der Waals surface area contributed by atoms with Gasteiger partial charge in [-0.15, -0.1) is 0 Å². The Balaban J connectivity index is 2.04. The van der Waals surface area contributed by atoms with E-state index in [1.165, 1.54) is 37.4 Å². The topological polar surface area (TPSA) is 97.6 Å². The largest absolute Gasteiger partial charge is 0.491 e. The number of aliphatic hydroxyl groups excluding tert-OH is 3. The lowest BCUT2D eigenvalue weighted by Gasteiger charge is -2.49. The lowest BCUT2D eigenvalue weighted by molar-refractivity contribution is -0.365. The predicted octanol–water partition coefficient (Wildman–Crippen LogP) is 4.77. The van der Waals surface area contributed by atoms with Crippen LogP contribution in [0, 0.1) is 5.82 Å². The Morgan fingerprint density at radius 2 is 1.82 bits per heavy atom. The van der Waals surface area contributed by atoms with Crippen LogP contribution < -0.4 is 4.74 Å². The van der Waals surface area contributed by atoms with Crippen LogP contribution in [0.25, 0.3) is 0 Å². The zero-order valence-corrected chi connectivity index (χ0v) is 24.7. The van der Waals surface area contributed by atoms with Gasteiger partial charge in [0.2, 0.25) is 5.79 Å². The highest BCUT2D eigenvalue weighted by atomic mass is 35.5. The van der Waals surface area contributed by atoms with E-state index >= 15 is 0 Å². The van der Waals surface area contributed by atoms with E-state index in [0.717, 1.165) is 6.07 Å². The van der Waals surface area contributed by atoms with Crippen molar-refractivity contribution in [1.29, 1.82) is 0 Å². The van der Waals surface area contributed by atoms with E-state index in [1.54, 1.807) is 6.92 Å². The van der Waals surface area contributed by atoms with Crippen LogP contribution in [0.3, 0.4) is 0 Å². The van der Waals surface area contributed by atoms with Gasteiger partial charge >= 0.3 is 0 Å². The van der Waals surface area contributed by atoms with Gasteiger partial charge in [-0.05, 0) is 66.8 Å². The van der Waals surface area contributed by atoms with Gasteiger partial charge in [-0.25, -0.2) is 4.39 Å². The van der Waals surface area contributed by atoms with Gasteiger partial charge in [-0.1, -0.05) is 44.5 Å². The summed E-state index contributed by atoms with van der Waals surface area (Å²) in [6, 6.07) is 8.02. The van der Waals surface area contributed by atoms with E-state index in [-0.39, 0.29) is 45.7 Å². The first-order valence-corrected chi connectivity index (χ1v) is 15.9. The Hall–Kier alpha value is -1.56. The molecule has 0 aromatic heterocycles. The second-order valence-electron chi connectivity index (χ2n) is 10.9. The number of methoxy groups -OCH3 is 1. The summed E-state index contributed by atoms with van der Waals surface area (Å²) < 4.78 is 55.6. The molecule has 0 aliphatic carbocycles. The monoisotopic (exact) mass is 572 g/mol. The van der Waals surface area contributed by atoms with E-state index in [0.29, 0.717) is 0 Å². The van der Waals surface area contributed by atoms with E-state index < -0.39 is 50.7 Å². The molecule has 0 spiro atoms. The van der Waals surface area contributed by atoms with E-state index in [2.05, 4.69) is 20.8 Å². The third-order valence-electron chi connectivity index (χ3n) is 7.37. The molecule has 3 N–H and O–H groups in total. The van der Waals surface area contributed by atoms with Crippen molar-refractivity contribution in [2.24, 2.45) is 0 Å². The molecule has 2 aromatic rings. The van der Waals surface area contributed by atoms with Gasteiger partial charge in [0.15, 0.2) is 19.9 Å². The average molecular weight is 573 g/mol. The van der Waals surface area contributed by atoms with Crippen molar-refractivity contribution < 1.29 is 41.1 Å². The fourth-order valence-electron chi connectivity index (χ4n) is 4.01. The lowest BCUT2D eigenvalue weighted by Crippen LogP contribution is -2.64. The molecule has 1 aliphatic heterocycles. The molecule has 212 valence electrons. The second-order valence-corrected chi connectivity index (χ2v) is 16.1. The van der Waals surface area contributed by atoms with E-state index in [9.17, 15) is 19.7 Å². The summed E-state index contributed by atoms with van der Waals surface area (Å²) in [6.07, 6.45) is -8.26. The highest BCUT2D eigenvalue weighted by Crippen LogP contribution is 2.42. The maximum absolute atomic E-state index is 14.6. The Bertz CT molecular complexity index is 1200. The molecule has 3 rings (SSSR count). The van der Waals surface area contributed by atoms with Crippen molar-refractivity contribution in [1.82, 2.24) is 0 Å². The van der Waals surface area contributed by atoms with Gasteiger partial charge in [0.25, 0.3) is 0 Å². The molecule has 5 atom stereocenters. The molecule has 1 aliphatic rings. The molecule has 1 saturated heterocycles. The minimum absolute atomic E-state index is 0.00235. The minimum Gasteiger partial charge on any atom is -0.491 e. The average Bonchev–Trinajstić information content (AvgIpc) is 2.88. The fourth-order valence-corrected chi connectivity index (χ4v) is 5.18. The first-order valence-electron chi connectivity index (χ1n) is 13.6. The van der Waals surface area contributed by atoms with Crippen molar-refractivity contribution in [3.05, 3.63) is 63.9 Å². The lowest BCUT2D eigenvalue weighted by atomic mass is 9.87. The molecule has 10 heteroatoms. The van der Waals surface area contributed by atoms with Crippen LogP contribution in [-0.2, 0) is 26.1 Å². The number of hydrogen-bond donors (Lipinski definition) is 3. The normalized spacial score (nSPS) is 27.6. The molecule has 1 fully saturated rings. The number of halogens is 2. The molecular formula is C28H40ClFO7Si.